The van der Waals surface area contributed by atoms with Crippen molar-refractivity contribution in [3.63, 3.8) is 0 Å². The fourth-order valence-corrected chi connectivity index (χ4v) is 9.22. The normalized spacial score (nSPS) is 18.7. The summed E-state index contributed by atoms with van der Waals surface area (Å²) in [7, 11) is 1.33. The Morgan fingerprint density at radius 1 is 0.831 bits per heavy atom. The van der Waals surface area contributed by atoms with E-state index in [4.69, 9.17) is 28.0 Å². The first-order chi connectivity index (χ1) is 28.5. The number of nitrogens with one attached hydrogen (secondary N) is 1. The van der Waals surface area contributed by atoms with Gasteiger partial charge in [-0.1, -0.05) is 84.9 Å². The highest BCUT2D eigenvalue weighted by molar-refractivity contribution is 7.44. The Morgan fingerprint density at radius 3 is 1.95 bits per heavy atom. The Hall–Kier alpha value is -5.05. The van der Waals surface area contributed by atoms with Crippen LogP contribution < -0.4 is 16.0 Å². The molecule has 15 heteroatoms. The van der Waals surface area contributed by atoms with E-state index < -0.39 is 54.8 Å². The lowest BCUT2D eigenvalue weighted by Gasteiger charge is -2.39. The van der Waals surface area contributed by atoms with Crippen molar-refractivity contribution in [1.29, 1.82) is 0 Å². The first kappa shape index (κ1) is 43.5. The van der Waals surface area contributed by atoms with Gasteiger partial charge in [-0.15, -0.1) is 0 Å². The molecule has 0 bridgehead atoms. The van der Waals surface area contributed by atoms with Gasteiger partial charge in [-0.25, -0.2) is 9.46 Å². The second kappa shape index (κ2) is 19.8. The van der Waals surface area contributed by atoms with E-state index >= 15 is 0 Å². The van der Waals surface area contributed by atoms with Crippen molar-refractivity contribution in [2.45, 2.75) is 76.3 Å². The first-order valence-electron chi connectivity index (χ1n) is 19.5. The van der Waals surface area contributed by atoms with Gasteiger partial charge in [-0.05, 0) is 68.5 Å². The third-order valence-corrected chi connectivity index (χ3v) is 12.3. The van der Waals surface area contributed by atoms with Crippen molar-refractivity contribution in [3.8, 4) is 5.75 Å². The number of aromatic nitrogens is 2. The number of H-pyrrole nitrogens is 1. The van der Waals surface area contributed by atoms with Crippen LogP contribution in [0.5, 0.6) is 5.75 Å². The molecular weight excluding hydrogens is 775 g/mol. The summed E-state index contributed by atoms with van der Waals surface area (Å²) in [6, 6.07) is 35.2. The molecular formula is C44H51N4O10P. The Bertz CT molecular complexity index is 2170. The number of nitro groups is 1. The number of rotatable bonds is 19. The average molecular weight is 827 g/mol. The molecule has 312 valence electrons. The SMILES string of the molecule is COc1ccc(C(OC[C@H]2O[C@@H](n3ccc(=O)[nH]c3=O)[C@H](OC)[C@@H]2OP(OCCc2ccc([N+](=O)[O-])cc2)N(C(C)C)C(C)C)(c2ccccc2)c2ccccc2)cc1. The minimum Gasteiger partial charge on any atom is -0.497 e. The third-order valence-electron chi connectivity index (χ3n) is 10.2. The van der Waals surface area contributed by atoms with Crippen molar-refractivity contribution in [3.05, 3.63) is 175 Å². The summed E-state index contributed by atoms with van der Waals surface area (Å²) in [6.07, 6.45) is -1.71. The molecule has 0 radical (unpaired) electrons. The van der Waals surface area contributed by atoms with E-state index in [0.717, 1.165) is 22.3 Å². The largest absolute Gasteiger partial charge is 0.497 e. The van der Waals surface area contributed by atoms with Crippen LogP contribution >= 0.6 is 8.53 Å². The van der Waals surface area contributed by atoms with Gasteiger partial charge in [-0.3, -0.25) is 24.5 Å². The van der Waals surface area contributed by atoms with Crippen molar-refractivity contribution in [2.24, 2.45) is 0 Å². The zero-order chi connectivity index (χ0) is 42.1. The van der Waals surface area contributed by atoms with E-state index in [2.05, 4.69) is 37.3 Å². The number of benzene rings is 4. The summed E-state index contributed by atoms with van der Waals surface area (Å²) >= 11 is 0. The minimum atomic E-state index is -1.81. The first-order valence-corrected chi connectivity index (χ1v) is 20.6. The van der Waals surface area contributed by atoms with Crippen LogP contribution in [0, 0.1) is 10.1 Å². The summed E-state index contributed by atoms with van der Waals surface area (Å²) in [5.41, 5.74) is 1.09. The summed E-state index contributed by atoms with van der Waals surface area (Å²) in [5, 5.41) is 11.2. The fraction of sp³-hybridized carbons (Fsp3) is 0.364. The maximum Gasteiger partial charge on any atom is 0.330 e. The lowest BCUT2D eigenvalue weighted by atomic mass is 9.80. The molecule has 1 aliphatic heterocycles. The van der Waals surface area contributed by atoms with Gasteiger partial charge < -0.3 is 28.0 Å². The number of methoxy groups -OCH3 is 2. The molecule has 1 N–H and O–H groups in total. The molecule has 1 aromatic heterocycles. The van der Waals surface area contributed by atoms with Gasteiger partial charge in [0, 0.05) is 43.6 Å². The number of nitrogens with zero attached hydrogens (tertiary/aromatic N) is 3. The van der Waals surface area contributed by atoms with E-state index in [1.807, 2.05) is 84.9 Å². The van der Waals surface area contributed by atoms with Crippen molar-refractivity contribution < 1.29 is 32.9 Å². The predicted octanol–water partition coefficient (Wildman–Crippen LogP) is 7.36. The number of aromatic amines is 1. The predicted molar refractivity (Wildman–Crippen MR) is 224 cm³/mol. The van der Waals surface area contributed by atoms with E-state index in [1.54, 1.807) is 19.2 Å². The number of nitro benzene ring substituents is 1. The van der Waals surface area contributed by atoms with Gasteiger partial charge in [0.2, 0.25) is 0 Å². The molecule has 6 rings (SSSR count). The molecule has 59 heavy (non-hydrogen) atoms. The van der Waals surface area contributed by atoms with Crippen LogP contribution in [0.15, 0.2) is 131 Å². The van der Waals surface area contributed by atoms with Crippen LogP contribution in [-0.2, 0) is 35.3 Å². The lowest BCUT2D eigenvalue weighted by Crippen LogP contribution is -2.43. The topological polar surface area (TPSA) is 157 Å². The molecule has 2 heterocycles. The highest BCUT2D eigenvalue weighted by Crippen LogP contribution is 2.51. The van der Waals surface area contributed by atoms with E-state index in [0.29, 0.717) is 12.2 Å². The zero-order valence-electron chi connectivity index (χ0n) is 34.0. The Kier molecular flexibility index (Phi) is 14.6. The number of hydrogen-bond acceptors (Lipinski definition) is 11. The number of ether oxygens (including phenoxy) is 4. The van der Waals surface area contributed by atoms with Crippen LogP contribution in [0.4, 0.5) is 5.69 Å². The zero-order valence-corrected chi connectivity index (χ0v) is 34.9. The van der Waals surface area contributed by atoms with Gasteiger partial charge in [0.05, 0.1) is 25.2 Å². The maximum absolute atomic E-state index is 13.3. The van der Waals surface area contributed by atoms with Crippen LogP contribution in [0.1, 0.15) is 56.2 Å². The summed E-state index contributed by atoms with van der Waals surface area (Å²) in [4.78, 5) is 38.6. The Balaban J connectivity index is 1.41. The molecule has 1 unspecified atom stereocenters. The van der Waals surface area contributed by atoms with E-state index in [-0.39, 0.29) is 31.0 Å². The quantitative estimate of drug-likeness (QED) is 0.0384. The lowest BCUT2D eigenvalue weighted by molar-refractivity contribution is -0.384. The molecule has 0 spiro atoms. The molecule has 0 saturated carbocycles. The second-order valence-electron chi connectivity index (χ2n) is 14.6. The smallest absolute Gasteiger partial charge is 0.330 e. The van der Waals surface area contributed by atoms with Crippen LogP contribution in [0.3, 0.4) is 0 Å². The minimum absolute atomic E-state index is 0.00463. The van der Waals surface area contributed by atoms with Gasteiger partial charge in [0.15, 0.2) is 6.23 Å². The van der Waals surface area contributed by atoms with E-state index in [1.165, 1.54) is 36.1 Å². The highest BCUT2D eigenvalue weighted by Gasteiger charge is 2.51. The summed E-state index contributed by atoms with van der Waals surface area (Å²) < 4.78 is 42.8. The molecule has 5 aromatic rings. The van der Waals surface area contributed by atoms with Crippen LogP contribution in [-0.4, -0.2) is 77.0 Å². The standard InChI is InChI=1S/C44H51N4O10P/c1-30(2)47(31(3)4)59(56-28-26-32-17-21-36(22-18-32)48(51)52)58-40-38(57-42(41(40)54-6)46-27-25-39(49)45-43(46)50)29-55-44(33-13-9-7-10-14-33,34-15-11-8-12-16-34)35-19-23-37(53-5)24-20-35/h7-25,27,30-31,38,40-42H,26,28-29H2,1-6H3,(H,45,49,50)/t38-,40-,41-,42-,59?/m1/s1. The van der Waals surface area contributed by atoms with Gasteiger partial charge in [-0.2, -0.15) is 0 Å². The monoisotopic (exact) mass is 826 g/mol. The van der Waals surface area contributed by atoms with Crippen LogP contribution in [0.25, 0.3) is 0 Å². The molecule has 0 amide bonds. The molecule has 14 nitrogen and oxygen atoms in total. The summed E-state index contributed by atoms with van der Waals surface area (Å²) in [6.45, 7) is 8.45. The Morgan fingerprint density at radius 2 is 1.42 bits per heavy atom. The molecule has 1 fully saturated rings. The molecule has 1 saturated heterocycles. The third kappa shape index (κ3) is 9.88. The highest BCUT2D eigenvalue weighted by atomic mass is 31.2. The van der Waals surface area contributed by atoms with E-state index in [9.17, 15) is 19.7 Å². The Labute approximate surface area is 344 Å². The number of non-ortho nitro benzene ring substituents is 1. The maximum atomic E-state index is 13.3. The van der Waals surface area contributed by atoms with Crippen molar-refractivity contribution in [1.82, 2.24) is 14.2 Å². The van der Waals surface area contributed by atoms with Gasteiger partial charge in [0.25, 0.3) is 19.8 Å². The van der Waals surface area contributed by atoms with Crippen LogP contribution in [0.2, 0.25) is 0 Å². The second-order valence-corrected chi connectivity index (χ2v) is 16.0. The van der Waals surface area contributed by atoms with Gasteiger partial charge in [0.1, 0.15) is 29.7 Å². The number of hydrogen-bond donors (Lipinski definition) is 1. The van der Waals surface area contributed by atoms with Crippen molar-refractivity contribution in [2.75, 3.05) is 27.4 Å². The summed E-state index contributed by atoms with van der Waals surface area (Å²) in [5.74, 6) is 0.690. The van der Waals surface area contributed by atoms with Gasteiger partial charge >= 0.3 is 5.69 Å². The fourth-order valence-electron chi connectivity index (χ4n) is 7.46. The molecule has 5 atom stereocenters. The molecule has 0 aliphatic carbocycles. The average Bonchev–Trinajstić information content (AvgIpc) is 3.58. The molecule has 4 aromatic carbocycles. The molecule has 1 aliphatic rings. The van der Waals surface area contributed by atoms with Crippen molar-refractivity contribution >= 4 is 14.2 Å².